The van der Waals surface area contributed by atoms with Gasteiger partial charge in [-0.3, -0.25) is 0 Å². The fourth-order valence-electron chi connectivity index (χ4n) is 1.90. The minimum atomic E-state index is -0.910. The number of hydrogen-bond donors (Lipinski definition) is 1. The molecule has 0 saturated heterocycles. The molecule has 0 radical (unpaired) electrons. The molecule has 18 heavy (non-hydrogen) atoms. The molecule has 0 fully saturated rings. The van der Waals surface area contributed by atoms with E-state index in [1.54, 1.807) is 23.6 Å². The third-order valence-electron chi connectivity index (χ3n) is 2.83. The summed E-state index contributed by atoms with van der Waals surface area (Å²) in [7, 11) is 0. The molecule has 1 N–H and O–H groups in total. The summed E-state index contributed by atoms with van der Waals surface area (Å²) in [6.07, 6.45) is 0.678. The number of carboxylic acid groups (broad SMARTS) is 1. The normalized spacial score (nSPS) is 14.3. The van der Waals surface area contributed by atoms with Crippen LogP contribution in [-0.4, -0.2) is 33.9 Å². The molecule has 0 bridgehead atoms. The Bertz CT molecular complexity index is 576. The summed E-state index contributed by atoms with van der Waals surface area (Å²) in [6.45, 7) is 3.48. The predicted molar refractivity (Wildman–Crippen MR) is 65.7 cm³/mol. The zero-order valence-electron chi connectivity index (χ0n) is 10.3. The lowest BCUT2D eigenvalue weighted by Crippen LogP contribution is -2.39. The second-order valence-electron chi connectivity index (χ2n) is 4.15. The van der Waals surface area contributed by atoms with Gasteiger partial charge in [0.2, 0.25) is 5.84 Å². The van der Waals surface area contributed by atoms with Crippen molar-refractivity contribution in [3.63, 3.8) is 0 Å². The highest BCUT2D eigenvalue weighted by molar-refractivity contribution is 6.10. The largest absolute Gasteiger partial charge is 0.479 e. The first-order chi connectivity index (χ1) is 8.52. The van der Waals surface area contributed by atoms with Crippen LogP contribution in [0.25, 0.3) is 0 Å². The highest BCUT2D eigenvalue weighted by Gasteiger charge is 2.30. The number of aliphatic carboxylic acids is 1. The Labute approximate surface area is 104 Å². The SMILES string of the molecule is CCC1=NC(c2ccc(F)c(C)c2)=[N+]1CC(=O)O. The van der Waals surface area contributed by atoms with E-state index in [4.69, 9.17) is 5.11 Å². The topological polar surface area (TPSA) is 52.7 Å². The van der Waals surface area contributed by atoms with Crippen molar-refractivity contribution in [3.8, 4) is 0 Å². The summed E-state index contributed by atoms with van der Waals surface area (Å²) in [4.78, 5) is 15.1. The van der Waals surface area contributed by atoms with Crippen molar-refractivity contribution in [2.75, 3.05) is 6.54 Å². The van der Waals surface area contributed by atoms with Gasteiger partial charge in [0.15, 0.2) is 6.54 Å². The molecule has 0 aliphatic carbocycles. The molecule has 1 aliphatic heterocycles. The van der Waals surface area contributed by atoms with Crippen molar-refractivity contribution < 1.29 is 18.9 Å². The monoisotopic (exact) mass is 249 g/mol. The molecule has 0 aromatic heterocycles. The molecule has 1 heterocycles. The number of carboxylic acids is 1. The minimum Gasteiger partial charge on any atom is -0.479 e. The fourth-order valence-corrected chi connectivity index (χ4v) is 1.90. The Kier molecular flexibility index (Phi) is 3.23. The third kappa shape index (κ3) is 2.16. The number of nitrogens with zero attached hydrogens (tertiary/aromatic N) is 2. The second kappa shape index (κ2) is 4.68. The van der Waals surface area contributed by atoms with Crippen LogP contribution in [-0.2, 0) is 4.79 Å². The molecule has 0 spiro atoms. The first kappa shape index (κ1) is 12.4. The summed E-state index contributed by atoms with van der Waals surface area (Å²) in [6, 6.07) is 4.66. The Balaban J connectivity index is 2.36. The summed E-state index contributed by atoms with van der Waals surface area (Å²) < 4.78 is 14.8. The van der Waals surface area contributed by atoms with Crippen molar-refractivity contribution in [2.24, 2.45) is 4.99 Å². The molecular weight excluding hydrogens is 235 g/mol. The predicted octanol–water partition coefficient (Wildman–Crippen LogP) is 1.80. The lowest BCUT2D eigenvalue weighted by atomic mass is 10.1. The van der Waals surface area contributed by atoms with Crippen molar-refractivity contribution >= 4 is 17.6 Å². The van der Waals surface area contributed by atoms with Crippen molar-refractivity contribution in [1.29, 1.82) is 0 Å². The standard InChI is InChI=1S/C13H13FN2O2/c1-3-11-15-13(16(11)7-12(17)18)9-4-5-10(14)8(2)6-9/h4-6H,3,7H2,1-2H3/p+1. The van der Waals surface area contributed by atoms with Gasteiger partial charge in [0.05, 0.1) is 5.56 Å². The number of aliphatic imine (C=N–C) groups is 1. The smallest absolute Gasteiger partial charge is 0.338 e. The first-order valence-corrected chi connectivity index (χ1v) is 5.73. The Hall–Kier alpha value is -2.04. The van der Waals surface area contributed by atoms with E-state index in [1.165, 1.54) is 6.07 Å². The minimum absolute atomic E-state index is 0.113. The maximum absolute atomic E-state index is 13.2. The highest BCUT2D eigenvalue weighted by Crippen LogP contribution is 2.15. The number of aryl methyl sites for hydroxylation is 1. The van der Waals surface area contributed by atoms with E-state index in [0.717, 1.165) is 11.4 Å². The number of carbonyl (C=O) groups is 1. The van der Waals surface area contributed by atoms with Gasteiger partial charge in [0.1, 0.15) is 5.82 Å². The van der Waals surface area contributed by atoms with Gasteiger partial charge in [0, 0.05) is 6.42 Å². The number of halogens is 1. The third-order valence-corrected chi connectivity index (χ3v) is 2.83. The van der Waals surface area contributed by atoms with Crippen LogP contribution in [0.2, 0.25) is 0 Å². The first-order valence-electron chi connectivity index (χ1n) is 5.73. The van der Waals surface area contributed by atoms with Crippen LogP contribution in [0.15, 0.2) is 23.2 Å². The van der Waals surface area contributed by atoms with Gasteiger partial charge in [-0.05, 0) is 30.7 Å². The van der Waals surface area contributed by atoms with Gasteiger partial charge in [-0.2, -0.15) is 0 Å². The Morgan fingerprint density at radius 3 is 2.78 bits per heavy atom. The van der Waals surface area contributed by atoms with E-state index in [-0.39, 0.29) is 12.4 Å². The van der Waals surface area contributed by atoms with E-state index in [1.807, 2.05) is 6.92 Å². The van der Waals surface area contributed by atoms with E-state index in [9.17, 15) is 9.18 Å². The Morgan fingerprint density at radius 1 is 1.50 bits per heavy atom. The van der Waals surface area contributed by atoms with Crippen LogP contribution in [0.1, 0.15) is 24.5 Å². The van der Waals surface area contributed by atoms with Crippen LogP contribution in [0.4, 0.5) is 4.39 Å². The van der Waals surface area contributed by atoms with Crippen molar-refractivity contribution in [1.82, 2.24) is 0 Å². The molecule has 0 atom stereocenters. The molecule has 5 heteroatoms. The number of hydrogen-bond acceptors (Lipinski definition) is 2. The zero-order valence-corrected chi connectivity index (χ0v) is 10.3. The van der Waals surface area contributed by atoms with Crippen molar-refractivity contribution in [3.05, 3.63) is 35.1 Å². The molecular formula is C13H14FN2O2+. The van der Waals surface area contributed by atoms with Gasteiger partial charge in [-0.1, -0.05) is 11.9 Å². The summed E-state index contributed by atoms with van der Waals surface area (Å²) in [5, 5.41) is 8.86. The molecule has 94 valence electrons. The number of rotatable bonds is 4. The van der Waals surface area contributed by atoms with Crippen molar-refractivity contribution in [2.45, 2.75) is 20.3 Å². The maximum atomic E-state index is 13.2. The lowest BCUT2D eigenvalue weighted by molar-refractivity contribution is -0.414. The average molecular weight is 249 g/mol. The van der Waals surface area contributed by atoms with Gasteiger partial charge in [0.25, 0.3) is 5.84 Å². The number of benzene rings is 1. The van der Waals surface area contributed by atoms with Gasteiger partial charge in [-0.15, -0.1) is 0 Å². The molecule has 2 rings (SSSR count). The van der Waals surface area contributed by atoms with Crippen LogP contribution in [0, 0.1) is 12.7 Å². The van der Waals surface area contributed by atoms with E-state index < -0.39 is 5.97 Å². The molecule has 4 nitrogen and oxygen atoms in total. The lowest BCUT2D eigenvalue weighted by Gasteiger charge is -2.16. The molecule has 0 amide bonds. The van der Waals surface area contributed by atoms with E-state index in [0.29, 0.717) is 17.8 Å². The van der Waals surface area contributed by atoms with E-state index >= 15 is 0 Å². The summed E-state index contributed by atoms with van der Waals surface area (Å²) in [5.74, 6) is 0.155. The average Bonchev–Trinajstić information content (AvgIpc) is 2.30. The quantitative estimate of drug-likeness (QED) is 0.827. The fraction of sp³-hybridized carbons (Fsp3) is 0.308. The molecule has 0 unspecified atom stereocenters. The second-order valence-corrected chi connectivity index (χ2v) is 4.15. The molecule has 0 saturated carbocycles. The summed E-state index contributed by atoms with van der Waals surface area (Å²) >= 11 is 0. The van der Waals surface area contributed by atoms with Gasteiger partial charge >= 0.3 is 5.97 Å². The van der Waals surface area contributed by atoms with Crippen LogP contribution >= 0.6 is 0 Å². The zero-order chi connectivity index (χ0) is 13.3. The van der Waals surface area contributed by atoms with Crippen LogP contribution < -0.4 is 0 Å². The summed E-state index contributed by atoms with van der Waals surface area (Å²) in [5.41, 5.74) is 1.27. The molecule has 1 aromatic carbocycles. The molecule has 1 aliphatic rings. The van der Waals surface area contributed by atoms with Crippen LogP contribution in [0.3, 0.4) is 0 Å². The maximum Gasteiger partial charge on any atom is 0.338 e. The van der Waals surface area contributed by atoms with Crippen LogP contribution in [0.5, 0.6) is 0 Å². The molecule has 1 aromatic rings. The van der Waals surface area contributed by atoms with E-state index in [2.05, 4.69) is 4.99 Å². The van der Waals surface area contributed by atoms with Gasteiger partial charge in [-0.25, -0.2) is 13.8 Å². The van der Waals surface area contributed by atoms with Gasteiger partial charge < -0.3 is 5.11 Å². The number of amidine groups is 2. The highest BCUT2D eigenvalue weighted by atomic mass is 19.1. The Morgan fingerprint density at radius 2 is 2.22 bits per heavy atom.